The van der Waals surface area contributed by atoms with Crippen molar-refractivity contribution < 1.29 is 28.7 Å². The minimum absolute atomic E-state index is 0.00679. The predicted molar refractivity (Wildman–Crippen MR) is 99.6 cm³/mol. The zero-order valence-electron chi connectivity index (χ0n) is 15.5. The molecule has 0 aliphatic carbocycles. The number of carbonyl (C=O) groups is 2. The fourth-order valence-electron chi connectivity index (χ4n) is 2.39. The van der Waals surface area contributed by atoms with Gasteiger partial charge in [-0.25, -0.2) is 4.79 Å². The Morgan fingerprint density at radius 2 is 1.82 bits per heavy atom. The monoisotopic (exact) mass is 388 g/mol. The summed E-state index contributed by atoms with van der Waals surface area (Å²) in [6, 6.07) is 10.6. The van der Waals surface area contributed by atoms with E-state index in [1.54, 1.807) is 20.3 Å². The lowest BCUT2D eigenvalue weighted by Crippen LogP contribution is -2.30. The Morgan fingerprint density at radius 3 is 2.50 bits per heavy atom. The van der Waals surface area contributed by atoms with E-state index < -0.39 is 23.4 Å². The Bertz CT molecular complexity index is 867. The highest BCUT2D eigenvalue weighted by atomic mass is 16.6. The van der Waals surface area contributed by atoms with Crippen molar-refractivity contribution in [3.8, 4) is 11.5 Å². The minimum atomic E-state index is -0.807. The van der Waals surface area contributed by atoms with Gasteiger partial charge in [0.15, 0.2) is 18.1 Å². The highest BCUT2D eigenvalue weighted by molar-refractivity contribution is 5.91. The molecule has 0 aliphatic heterocycles. The number of rotatable bonds is 9. The van der Waals surface area contributed by atoms with Crippen molar-refractivity contribution in [3.63, 3.8) is 0 Å². The van der Waals surface area contributed by atoms with Crippen LogP contribution in [0.3, 0.4) is 0 Å². The van der Waals surface area contributed by atoms with E-state index in [0.29, 0.717) is 24.5 Å². The summed E-state index contributed by atoms with van der Waals surface area (Å²) < 4.78 is 15.3. The lowest BCUT2D eigenvalue weighted by atomic mass is 10.1. The molecule has 1 N–H and O–H groups in total. The highest BCUT2D eigenvalue weighted by Gasteiger charge is 2.14. The molecular formula is C19H20N2O7. The van der Waals surface area contributed by atoms with Crippen molar-refractivity contribution in [3.05, 3.63) is 63.7 Å². The van der Waals surface area contributed by atoms with Gasteiger partial charge >= 0.3 is 5.97 Å². The molecule has 28 heavy (non-hydrogen) atoms. The van der Waals surface area contributed by atoms with E-state index in [2.05, 4.69) is 5.32 Å². The van der Waals surface area contributed by atoms with Crippen LogP contribution >= 0.6 is 0 Å². The normalized spacial score (nSPS) is 10.1. The summed E-state index contributed by atoms with van der Waals surface area (Å²) in [5.74, 6) is -0.0708. The number of benzene rings is 2. The second-order valence-electron chi connectivity index (χ2n) is 5.67. The fraction of sp³-hybridized carbons (Fsp3) is 0.263. The van der Waals surface area contributed by atoms with Crippen LogP contribution < -0.4 is 14.8 Å². The Hall–Kier alpha value is -3.62. The fourth-order valence-corrected chi connectivity index (χ4v) is 2.39. The van der Waals surface area contributed by atoms with E-state index in [-0.39, 0.29) is 11.3 Å². The van der Waals surface area contributed by atoms with E-state index in [1.807, 2.05) is 12.1 Å². The number of carbonyl (C=O) groups excluding carboxylic acids is 2. The molecule has 148 valence electrons. The SMILES string of the molecule is COc1ccc(CCNC(=O)COC(=O)c2cccc([N+](=O)[O-])c2)cc1OC. The van der Waals surface area contributed by atoms with Gasteiger partial charge in [0.05, 0.1) is 24.7 Å². The highest BCUT2D eigenvalue weighted by Crippen LogP contribution is 2.27. The summed E-state index contributed by atoms with van der Waals surface area (Å²) in [5, 5.41) is 13.4. The number of hydrogen-bond acceptors (Lipinski definition) is 7. The first-order valence-electron chi connectivity index (χ1n) is 8.33. The molecule has 0 radical (unpaired) electrons. The summed E-state index contributed by atoms with van der Waals surface area (Å²) in [6.07, 6.45) is 0.547. The van der Waals surface area contributed by atoms with Crippen LogP contribution in [0.5, 0.6) is 11.5 Å². The molecule has 2 aromatic carbocycles. The van der Waals surface area contributed by atoms with Crippen molar-refractivity contribution >= 4 is 17.6 Å². The van der Waals surface area contributed by atoms with E-state index in [1.165, 1.54) is 18.2 Å². The van der Waals surface area contributed by atoms with Crippen molar-refractivity contribution in [2.45, 2.75) is 6.42 Å². The molecule has 0 fully saturated rings. The van der Waals surface area contributed by atoms with Crippen LogP contribution in [0.2, 0.25) is 0 Å². The van der Waals surface area contributed by atoms with Crippen molar-refractivity contribution in [2.75, 3.05) is 27.4 Å². The second-order valence-corrected chi connectivity index (χ2v) is 5.67. The largest absolute Gasteiger partial charge is 0.493 e. The molecule has 9 nitrogen and oxygen atoms in total. The number of amides is 1. The summed E-state index contributed by atoms with van der Waals surface area (Å²) in [6.45, 7) is -0.143. The molecule has 0 unspecified atom stereocenters. The third-order valence-electron chi connectivity index (χ3n) is 3.81. The Morgan fingerprint density at radius 1 is 1.07 bits per heavy atom. The van der Waals surface area contributed by atoms with Gasteiger partial charge in [0.1, 0.15) is 0 Å². The lowest BCUT2D eigenvalue weighted by Gasteiger charge is -2.10. The van der Waals surface area contributed by atoms with Gasteiger partial charge in [-0.15, -0.1) is 0 Å². The van der Waals surface area contributed by atoms with Gasteiger partial charge < -0.3 is 19.5 Å². The van der Waals surface area contributed by atoms with Crippen LogP contribution in [0.4, 0.5) is 5.69 Å². The van der Waals surface area contributed by atoms with Crippen LogP contribution in [0.1, 0.15) is 15.9 Å². The number of nitrogens with zero attached hydrogens (tertiary/aromatic N) is 1. The maximum atomic E-state index is 11.9. The van der Waals surface area contributed by atoms with Gasteiger partial charge in [-0.1, -0.05) is 12.1 Å². The van der Waals surface area contributed by atoms with E-state index in [4.69, 9.17) is 14.2 Å². The van der Waals surface area contributed by atoms with Crippen LogP contribution in [0, 0.1) is 10.1 Å². The number of nitro groups is 1. The number of nitrogens with one attached hydrogen (secondary N) is 1. The van der Waals surface area contributed by atoms with Gasteiger partial charge in [-0.3, -0.25) is 14.9 Å². The topological polar surface area (TPSA) is 117 Å². The third-order valence-corrected chi connectivity index (χ3v) is 3.81. The molecule has 2 aromatic rings. The molecule has 1 amide bonds. The maximum absolute atomic E-state index is 11.9. The number of esters is 1. The van der Waals surface area contributed by atoms with Crippen molar-refractivity contribution in [1.82, 2.24) is 5.32 Å². The zero-order valence-corrected chi connectivity index (χ0v) is 15.5. The minimum Gasteiger partial charge on any atom is -0.493 e. The molecule has 0 aromatic heterocycles. The van der Waals surface area contributed by atoms with Crippen LogP contribution in [0.25, 0.3) is 0 Å². The standard InChI is InChI=1S/C19H20N2O7/c1-26-16-7-6-13(10-17(16)27-2)8-9-20-18(22)12-28-19(23)14-4-3-5-15(11-14)21(24)25/h3-7,10-11H,8-9,12H2,1-2H3,(H,20,22). The maximum Gasteiger partial charge on any atom is 0.338 e. The Labute approximate surface area is 161 Å². The van der Waals surface area contributed by atoms with Crippen molar-refractivity contribution in [2.24, 2.45) is 0 Å². The second kappa shape index (κ2) is 9.91. The summed E-state index contributed by atoms with van der Waals surface area (Å²) in [5.41, 5.74) is 0.715. The van der Waals surface area contributed by atoms with Gasteiger partial charge in [0.25, 0.3) is 11.6 Å². The average molecular weight is 388 g/mol. The number of non-ortho nitro benzene ring substituents is 1. The van der Waals surface area contributed by atoms with Gasteiger partial charge in [-0.2, -0.15) is 0 Å². The zero-order chi connectivity index (χ0) is 20.5. The Balaban J connectivity index is 1.79. The third kappa shape index (κ3) is 5.70. The van der Waals surface area contributed by atoms with Gasteiger partial charge in [0, 0.05) is 18.7 Å². The van der Waals surface area contributed by atoms with Gasteiger partial charge in [0.2, 0.25) is 0 Å². The smallest absolute Gasteiger partial charge is 0.338 e. The molecule has 0 saturated heterocycles. The first-order chi connectivity index (χ1) is 13.4. The van der Waals surface area contributed by atoms with Crippen LogP contribution in [-0.4, -0.2) is 44.2 Å². The summed E-state index contributed by atoms with van der Waals surface area (Å²) in [7, 11) is 3.09. The molecule has 2 rings (SSSR count). The number of nitro benzene ring substituents is 1. The van der Waals surface area contributed by atoms with Crippen molar-refractivity contribution in [1.29, 1.82) is 0 Å². The molecule has 0 heterocycles. The predicted octanol–water partition coefficient (Wildman–Crippen LogP) is 2.13. The van der Waals surface area contributed by atoms with E-state index >= 15 is 0 Å². The Kier molecular flexibility index (Phi) is 7.32. The summed E-state index contributed by atoms with van der Waals surface area (Å²) >= 11 is 0. The lowest BCUT2D eigenvalue weighted by molar-refractivity contribution is -0.384. The quantitative estimate of drug-likeness (QED) is 0.397. The molecule has 0 bridgehead atoms. The molecule has 0 spiro atoms. The average Bonchev–Trinajstić information content (AvgIpc) is 2.71. The molecule has 0 saturated carbocycles. The number of hydrogen-bond donors (Lipinski definition) is 1. The summed E-state index contributed by atoms with van der Waals surface area (Å²) in [4.78, 5) is 33.8. The van der Waals surface area contributed by atoms with E-state index in [9.17, 15) is 19.7 Å². The van der Waals surface area contributed by atoms with Crippen LogP contribution in [0.15, 0.2) is 42.5 Å². The van der Waals surface area contributed by atoms with E-state index in [0.717, 1.165) is 11.6 Å². The molecule has 9 heteroatoms. The first-order valence-corrected chi connectivity index (χ1v) is 8.33. The number of methoxy groups -OCH3 is 2. The van der Waals surface area contributed by atoms with Crippen LogP contribution in [-0.2, 0) is 16.0 Å². The van der Waals surface area contributed by atoms with Gasteiger partial charge in [-0.05, 0) is 30.2 Å². The first kappa shape index (κ1) is 20.7. The molecular weight excluding hydrogens is 368 g/mol. The molecule has 0 aliphatic rings. The molecule has 0 atom stereocenters. The number of ether oxygens (including phenoxy) is 3.